The summed E-state index contributed by atoms with van der Waals surface area (Å²) in [7, 11) is 1.83. The van der Waals surface area contributed by atoms with Crippen LogP contribution in [-0.4, -0.2) is 29.6 Å². The zero-order valence-electron chi connectivity index (χ0n) is 12.4. The lowest BCUT2D eigenvalue weighted by Crippen LogP contribution is -2.20. The molecule has 3 nitrogen and oxygen atoms in total. The Bertz CT molecular complexity index is 665. The molecule has 0 saturated heterocycles. The van der Waals surface area contributed by atoms with Crippen LogP contribution in [0.15, 0.2) is 36.4 Å². The quantitative estimate of drug-likeness (QED) is 0.848. The molecule has 0 amide bonds. The Balaban J connectivity index is 2.03. The molecule has 1 aromatic heterocycles. The minimum atomic E-state index is -4.33. The van der Waals surface area contributed by atoms with Gasteiger partial charge in [-0.1, -0.05) is 12.1 Å². The van der Waals surface area contributed by atoms with Crippen LogP contribution >= 0.6 is 11.3 Å². The molecule has 7 heteroatoms. The molecule has 0 aliphatic rings. The fraction of sp³-hybridized carbons (Fsp3) is 0.312. The number of hydrogen-bond acceptors (Lipinski definition) is 3. The van der Waals surface area contributed by atoms with Crippen molar-refractivity contribution in [1.82, 2.24) is 4.90 Å². The molecule has 0 bridgehead atoms. The molecular formula is C16H16F3NO2S. The maximum Gasteiger partial charge on any atom is 0.416 e. The highest BCUT2D eigenvalue weighted by Gasteiger charge is 2.30. The van der Waals surface area contributed by atoms with E-state index in [-0.39, 0.29) is 6.42 Å². The Kier molecular flexibility index (Phi) is 5.43. The summed E-state index contributed by atoms with van der Waals surface area (Å²) in [5.41, 5.74) is 0.0777. The summed E-state index contributed by atoms with van der Waals surface area (Å²) >= 11 is 1.49. The van der Waals surface area contributed by atoms with E-state index in [0.29, 0.717) is 13.1 Å². The van der Waals surface area contributed by atoms with Crippen LogP contribution in [0.3, 0.4) is 0 Å². The van der Waals surface area contributed by atoms with Crippen LogP contribution in [0.2, 0.25) is 0 Å². The van der Waals surface area contributed by atoms with Gasteiger partial charge in [-0.05, 0) is 36.9 Å². The van der Waals surface area contributed by atoms with E-state index >= 15 is 0 Å². The van der Waals surface area contributed by atoms with Crippen molar-refractivity contribution in [2.75, 3.05) is 13.6 Å². The molecule has 0 fully saturated rings. The topological polar surface area (TPSA) is 40.5 Å². The fourth-order valence-electron chi connectivity index (χ4n) is 2.07. The maximum absolute atomic E-state index is 12.6. The highest BCUT2D eigenvalue weighted by atomic mass is 32.1. The third-order valence-electron chi connectivity index (χ3n) is 3.29. The maximum atomic E-state index is 12.6. The predicted octanol–water partition coefficient (Wildman–Crippen LogP) is 4.34. The number of carboxylic acid groups (broad SMARTS) is 1. The van der Waals surface area contributed by atoms with Gasteiger partial charge >= 0.3 is 12.1 Å². The van der Waals surface area contributed by atoms with Crippen LogP contribution in [0.25, 0.3) is 10.4 Å². The van der Waals surface area contributed by atoms with Gasteiger partial charge in [0.25, 0.3) is 0 Å². The van der Waals surface area contributed by atoms with Crippen molar-refractivity contribution in [3.8, 4) is 10.4 Å². The van der Waals surface area contributed by atoms with Gasteiger partial charge in [0, 0.05) is 22.8 Å². The van der Waals surface area contributed by atoms with Crippen molar-refractivity contribution in [1.29, 1.82) is 0 Å². The van der Waals surface area contributed by atoms with E-state index in [1.54, 1.807) is 0 Å². The average Bonchev–Trinajstić information content (AvgIpc) is 2.93. The second-order valence-electron chi connectivity index (χ2n) is 5.22. The van der Waals surface area contributed by atoms with Gasteiger partial charge in [-0.25, -0.2) is 0 Å². The lowest BCUT2D eigenvalue weighted by molar-refractivity contribution is -0.138. The minimum absolute atomic E-state index is 0.0770. The fourth-order valence-corrected chi connectivity index (χ4v) is 3.17. The van der Waals surface area contributed by atoms with Crippen molar-refractivity contribution in [3.63, 3.8) is 0 Å². The summed E-state index contributed by atoms with van der Waals surface area (Å²) in [5, 5.41) is 8.66. The Morgan fingerprint density at radius 2 is 1.83 bits per heavy atom. The molecular weight excluding hydrogens is 327 g/mol. The van der Waals surface area contributed by atoms with Gasteiger partial charge in [-0.15, -0.1) is 11.3 Å². The van der Waals surface area contributed by atoms with Gasteiger partial charge in [0.2, 0.25) is 0 Å². The molecule has 23 heavy (non-hydrogen) atoms. The highest BCUT2D eigenvalue weighted by Crippen LogP contribution is 2.33. The first-order valence-corrected chi connectivity index (χ1v) is 7.74. The molecule has 2 rings (SSSR count). The second kappa shape index (κ2) is 7.14. The van der Waals surface area contributed by atoms with E-state index in [1.165, 1.54) is 23.5 Å². The molecule has 0 aliphatic heterocycles. The monoisotopic (exact) mass is 343 g/mol. The molecule has 0 spiro atoms. The summed E-state index contributed by atoms with van der Waals surface area (Å²) < 4.78 is 37.7. The van der Waals surface area contributed by atoms with Gasteiger partial charge < -0.3 is 10.0 Å². The number of thiophene rings is 1. The molecule has 0 radical (unpaired) electrons. The molecule has 124 valence electrons. The Morgan fingerprint density at radius 1 is 1.17 bits per heavy atom. The SMILES string of the molecule is CN(CCC(=O)O)Cc1ccc(-c2ccc(C(F)(F)F)cc2)s1. The summed E-state index contributed by atoms with van der Waals surface area (Å²) in [6, 6.07) is 8.86. The predicted molar refractivity (Wildman–Crippen MR) is 83.3 cm³/mol. The number of hydrogen-bond donors (Lipinski definition) is 1. The number of alkyl halides is 3. The van der Waals surface area contributed by atoms with E-state index in [9.17, 15) is 18.0 Å². The Morgan fingerprint density at radius 3 is 2.39 bits per heavy atom. The van der Waals surface area contributed by atoms with Crippen molar-refractivity contribution in [3.05, 3.63) is 46.8 Å². The first-order valence-electron chi connectivity index (χ1n) is 6.92. The van der Waals surface area contributed by atoms with E-state index in [1.807, 2.05) is 24.1 Å². The van der Waals surface area contributed by atoms with Crippen molar-refractivity contribution in [2.24, 2.45) is 0 Å². The Hall–Kier alpha value is -1.86. The van der Waals surface area contributed by atoms with Crippen molar-refractivity contribution < 1.29 is 23.1 Å². The molecule has 0 aliphatic carbocycles. The van der Waals surface area contributed by atoms with Crippen LogP contribution in [0, 0.1) is 0 Å². The van der Waals surface area contributed by atoms with Gasteiger partial charge in [0.05, 0.1) is 12.0 Å². The number of benzene rings is 1. The van der Waals surface area contributed by atoms with Crippen LogP contribution < -0.4 is 0 Å². The molecule has 1 heterocycles. The summed E-state index contributed by atoms with van der Waals surface area (Å²) in [4.78, 5) is 14.4. The van der Waals surface area contributed by atoms with Crippen LogP contribution in [0.5, 0.6) is 0 Å². The summed E-state index contributed by atoms with van der Waals surface area (Å²) in [5.74, 6) is -0.839. The van der Waals surface area contributed by atoms with E-state index in [4.69, 9.17) is 5.11 Å². The van der Waals surface area contributed by atoms with Crippen molar-refractivity contribution in [2.45, 2.75) is 19.1 Å². The molecule has 1 aromatic carbocycles. The third-order valence-corrected chi connectivity index (χ3v) is 4.41. The van der Waals surface area contributed by atoms with Gasteiger partial charge in [0.1, 0.15) is 0 Å². The first-order chi connectivity index (χ1) is 10.8. The van der Waals surface area contributed by atoms with Crippen LogP contribution in [0.1, 0.15) is 16.9 Å². The molecule has 2 aromatic rings. The van der Waals surface area contributed by atoms with Crippen molar-refractivity contribution >= 4 is 17.3 Å². The number of rotatable bonds is 6. The summed E-state index contributed by atoms with van der Waals surface area (Å²) in [6.45, 7) is 1.06. The van der Waals surface area contributed by atoms with E-state index < -0.39 is 17.7 Å². The normalized spacial score (nSPS) is 11.9. The molecule has 1 N–H and O–H groups in total. The number of carboxylic acids is 1. The molecule has 0 unspecified atom stereocenters. The number of nitrogens with zero attached hydrogens (tertiary/aromatic N) is 1. The standard InChI is InChI=1S/C16H16F3NO2S/c1-20(9-8-15(21)22)10-13-6-7-14(23-13)11-2-4-12(5-3-11)16(17,18)19/h2-7H,8-10H2,1H3,(H,21,22). The zero-order chi connectivity index (χ0) is 17.0. The molecule has 0 atom stereocenters. The number of halogens is 3. The third kappa shape index (κ3) is 5.07. The zero-order valence-corrected chi connectivity index (χ0v) is 13.2. The van der Waals surface area contributed by atoms with Crippen LogP contribution in [0.4, 0.5) is 13.2 Å². The van der Waals surface area contributed by atoms with E-state index in [2.05, 4.69) is 0 Å². The minimum Gasteiger partial charge on any atom is -0.481 e. The van der Waals surface area contributed by atoms with Crippen LogP contribution in [-0.2, 0) is 17.5 Å². The molecule has 0 saturated carbocycles. The van der Waals surface area contributed by atoms with Gasteiger partial charge in [0.15, 0.2) is 0 Å². The van der Waals surface area contributed by atoms with Gasteiger partial charge in [-0.3, -0.25) is 4.79 Å². The van der Waals surface area contributed by atoms with Gasteiger partial charge in [-0.2, -0.15) is 13.2 Å². The van der Waals surface area contributed by atoms with E-state index in [0.717, 1.165) is 27.5 Å². The first kappa shape index (κ1) is 17.5. The number of aliphatic carboxylic acids is 1. The number of carbonyl (C=O) groups is 1. The lowest BCUT2D eigenvalue weighted by Gasteiger charge is -2.13. The lowest BCUT2D eigenvalue weighted by atomic mass is 10.1. The summed E-state index contributed by atoms with van der Waals surface area (Å²) in [6.07, 6.45) is -4.25. The second-order valence-corrected chi connectivity index (χ2v) is 6.39. The highest BCUT2D eigenvalue weighted by molar-refractivity contribution is 7.15. The smallest absolute Gasteiger partial charge is 0.416 e. The average molecular weight is 343 g/mol. The Labute approximate surface area is 136 Å². The largest absolute Gasteiger partial charge is 0.481 e.